The lowest BCUT2D eigenvalue weighted by Crippen LogP contribution is -2.50. The standard InChI is InChI=1S/C27H30BrN3O4S/c1-4-22-10-8-9-13-25(22)31(36(34,35)24-11-6-5-7-12-24)19-26(32)30(20(2)27(33)29-3)18-21-14-16-23(28)17-15-21/h5-17,20H,4,18-19H2,1-3H3,(H,29,33)/t20-/m1/s1. The Labute approximate surface area is 221 Å². The Morgan fingerprint density at radius 3 is 2.17 bits per heavy atom. The van der Waals surface area contributed by atoms with E-state index in [0.29, 0.717) is 12.1 Å². The molecule has 0 aliphatic heterocycles. The fourth-order valence-electron chi connectivity index (χ4n) is 3.86. The van der Waals surface area contributed by atoms with Crippen molar-refractivity contribution >= 4 is 43.5 Å². The number of nitrogens with zero attached hydrogens (tertiary/aromatic N) is 2. The van der Waals surface area contributed by atoms with E-state index in [1.54, 1.807) is 37.3 Å². The van der Waals surface area contributed by atoms with Crippen LogP contribution >= 0.6 is 15.9 Å². The molecule has 0 aliphatic rings. The molecule has 190 valence electrons. The molecule has 0 fully saturated rings. The van der Waals surface area contributed by atoms with E-state index >= 15 is 0 Å². The number of likely N-dealkylation sites (N-methyl/N-ethyl adjacent to an activating group) is 1. The molecule has 0 spiro atoms. The molecule has 0 aromatic heterocycles. The fourth-order valence-corrected chi connectivity index (χ4v) is 5.60. The molecule has 0 saturated carbocycles. The predicted molar refractivity (Wildman–Crippen MR) is 145 cm³/mol. The van der Waals surface area contributed by atoms with E-state index in [0.717, 1.165) is 19.9 Å². The first kappa shape index (κ1) is 27.4. The van der Waals surface area contributed by atoms with Crippen LogP contribution in [0.15, 0.2) is 88.2 Å². The molecular weight excluding hydrogens is 542 g/mol. The molecule has 0 radical (unpaired) electrons. The Balaban J connectivity index is 2.05. The van der Waals surface area contributed by atoms with Gasteiger partial charge in [0, 0.05) is 18.1 Å². The van der Waals surface area contributed by atoms with Crippen molar-refractivity contribution in [3.8, 4) is 0 Å². The van der Waals surface area contributed by atoms with Crippen LogP contribution < -0.4 is 9.62 Å². The molecule has 0 aliphatic carbocycles. The van der Waals surface area contributed by atoms with E-state index in [1.807, 2.05) is 43.3 Å². The van der Waals surface area contributed by atoms with Crippen LogP contribution in [0.3, 0.4) is 0 Å². The Kier molecular flexibility index (Phi) is 9.28. The van der Waals surface area contributed by atoms with E-state index in [-0.39, 0.29) is 17.3 Å². The highest BCUT2D eigenvalue weighted by Crippen LogP contribution is 2.28. The van der Waals surface area contributed by atoms with Crippen molar-refractivity contribution in [2.75, 3.05) is 17.9 Å². The van der Waals surface area contributed by atoms with Crippen LogP contribution in [0.1, 0.15) is 25.0 Å². The molecule has 0 unspecified atom stereocenters. The first-order chi connectivity index (χ1) is 17.2. The summed E-state index contributed by atoms with van der Waals surface area (Å²) in [6.45, 7) is 3.26. The first-order valence-electron chi connectivity index (χ1n) is 11.6. The third kappa shape index (κ3) is 6.33. The summed E-state index contributed by atoms with van der Waals surface area (Å²) in [5, 5.41) is 2.58. The van der Waals surface area contributed by atoms with E-state index in [4.69, 9.17) is 0 Å². The molecule has 3 rings (SSSR count). The minimum absolute atomic E-state index is 0.0857. The van der Waals surface area contributed by atoms with Gasteiger partial charge in [-0.25, -0.2) is 8.42 Å². The molecule has 0 bridgehead atoms. The number of para-hydroxylation sites is 1. The zero-order chi connectivity index (χ0) is 26.3. The van der Waals surface area contributed by atoms with Gasteiger partial charge in [-0.3, -0.25) is 13.9 Å². The maximum absolute atomic E-state index is 13.8. The molecular formula is C27H30BrN3O4S. The number of hydrogen-bond acceptors (Lipinski definition) is 4. The number of carbonyl (C=O) groups is 2. The SMILES string of the molecule is CCc1ccccc1N(CC(=O)N(Cc1ccc(Br)cc1)[C@H](C)C(=O)NC)S(=O)(=O)c1ccccc1. The van der Waals surface area contributed by atoms with Crippen LogP contribution in [-0.2, 0) is 32.6 Å². The van der Waals surface area contributed by atoms with E-state index in [1.165, 1.54) is 24.1 Å². The first-order valence-corrected chi connectivity index (χ1v) is 13.8. The lowest BCUT2D eigenvalue weighted by Gasteiger charge is -2.32. The molecule has 1 atom stereocenters. The van der Waals surface area contributed by atoms with Gasteiger partial charge in [0.25, 0.3) is 10.0 Å². The van der Waals surface area contributed by atoms with Crippen molar-refractivity contribution < 1.29 is 18.0 Å². The van der Waals surface area contributed by atoms with Crippen molar-refractivity contribution in [2.45, 2.75) is 37.8 Å². The predicted octanol–water partition coefficient (Wildman–Crippen LogP) is 4.37. The highest BCUT2D eigenvalue weighted by molar-refractivity contribution is 9.10. The van der Waals surface area contributed by atoms with Crippen LogP contribution in [0.4, 0.5) is 5.69 Å². The zero-order valence-corrected chi connectivity index (χ0v) is 22.9. The van der Waals surface area contributed by atoms with Crippen molar-refractivity contribution in [1.82, 2.24) is 10.2 Å². The average Bonchev–Trinajstić information content (AvgIpc) is 2.90. The van der Waals surface area contributed by atoms with E-state index in [9.17, 15) is 18.0 Å². The number of aryl methyl sites for hydroxylation is 1. The number of carbonyl (C=O) groups excluding carboxylic acids is 2. The number of nitrogens with one attached hydrogen (secondary N) is 1. The molecule has 36 heavy (non-hydrogen) atoms. The second-order valence-corrected chi connectivity index (χ2v) is 11.0. The van der Waals surface area contributed by atoms with Crippen LogP contribution in [-0.4, -0.2) is 44.8 Å². The molecule has 0 heterocycles. The molecule has 3 aromatic rings. The third-order valence-electron chi connectivity index (χ3n) is 5.93. The molecule has 2 amide bonds. The van der Waals surface area contributed by atoms with Gasteiger partial charge in [-0.2, -0.15) is 0 Å². The summed E-state index contributed by atoms with van der Waals surface area (Å²) >= 11 is 3.40. The van der Waals surface area contributed by atoms with Crippen LogP contribution in [0.2, 0.25) is 0 Å². The maximum Gasteiger partial charge on any atom is 0.264 e. The number of sulfonamides is 1. The molecule has 1 N–H and O–H groups in total. The molecule has 9 heteroatoms. The summed E-state index contributed by atoms with van der Waals surface area (Å²) in [6.07, 6.45) is 0.586. The zero-order valence-electron chi connectivity index (χ0n) is 20.5. The maximum atomic E-state index is 13.8. The summed E-state index contributed by atoms with van der Waals surface area (Å²) < 4.78 is 29.6. The van der Waals surface area contributed by atoms with E-state index in [2.05, 4.69) is 21.2 Å². The monoisotopic (exact) mass is 571 g/mol. The summed E-state index contributed by atoms with van der Waals surface area (Å²) in [7, 11) is -2.56. The fraction of sp³-hybridized carbons (Fsp3) is 0.259. The number of amides is 2. The number of benzene rings is 3. The number of halogens is 1. The van der Waals surface area contributed by atoms with Crippen LogP contribution in [0, 0.1) is 0 Å². The number of rotatable bonds is 10. The normalized spacial score (nSPS) is 12.0. The highest BCUT2D eigenvalue weighted by Gasteiger charge is 2.32. The van der Waals surface area contributed by atoms with Gasteiger partial charge in [0.05, 0.1) is 10.6 Å². The minimum atomic E-state index is -4.07. The van der Waals surface area contributed by atoms with Gasteiger partial charge in [0.15, 0.2) is 0 Å². The van der Waals surface area contributed by atoms with Crippen LogP contribution in [0.5, 0.6) is 0 Å². The lowest BCUT2D eigenvalue weighted by molar-refractivity contribution is -0.139. The second kappa shape index (κ2) is 12.2. The topological polar surface area (TPSA) is 86.8 Å². The van der Waals surface area contributed by atoms with Gasteiger partial charge in [-0.1, -0.05) is 71.4 Å². The molecule has 3 aromatic carbocycles. The van der Waals surface area contributed by atoms with Gasteiger partial charge < -0.3 is 10.2 Å². The van der Waals surface area contributed by atoms with E-state index < -0.39 is 28.5 Å². The summed E-state index contributed by atoms with van der Waals surface area (Å²) in [5.74, 6) is -0.827. The van der Waals surface area contributed by atoms with Gasteiger partial charge in [0.1, 0.15) is 12.6 Å². The quantitative estimate of drug-likeness (QED) is 0.391. The Hall–Kier alpha value is -3.17. The molecule has 7 nitrogen and oxygen atoms in total. The van der Waals surface area contributed by atoms with Crippen molar-refractivity contribution in [3.05, 3.63) is 94.5 Å². The Morgan fingerprint density at radius 1 is 0.944 bits per heavy atom. The number of hydrogen-bond donors (Lipinski definition) is 1. The number of anilines is 1. The smallest absolute Gasteiger partial charge is 0.264 e. The summed E-state index contributed by atoms with van der Waals surface area (Å²) in [4.78, 5) is 27.8. The van der Waals surface area contributed by atoms with Gasteiger partial charge in [-0.05, 0) is 54.8 Å². The lowest BCUT2D eigenvalue weighted by atomic mass is 10.1. The largest absolute Gasteiger partial charge is 0.357 e. The van der Waals surface area contributed by atoms with Crippen molar-refractivity contribution in [2.24, 2.45) is 0 Å². The van der Waals surface area contributed by atoms with Gasteiger partial charge >= 0.3 is 0 Å². The highest BCUT2D eigenvalue weighted by atomic mass is 79.9. The van der Waals surface area contributed by atoms with Gasteiger partial charge in [-0.15, -0.1) is 0 Å². The minimum Gasteiger partial charge on any atom is -0.357 e. The van der Waals surface area contributed by atoms with Gasteiger partial charge in [0.2, 0.25) is 11.8 Å². The Morgan fingerprint density at radius 2 is 1.56 bits per heavy atom. The second-order valence-electron chi connectivity index (χ2n) is 8.25. The average molecular weight is 573 g/mol. The summed E-state index contributed by atoms with van der Waals surface area (Å²) in [6, 6.07) is 21.8. The summed E-state index contributed by atoms with van der Waals surface area (Å²) in [5.41, 5.74) is 2.05. The van der Waals surface area contributed by atoms with Crippen molar-refractivity contribution in [1.29, 1.82) is 0 Å². The van der Waals surface area contributed by atoms with Crippen LogP contribution in [0.25, 0.3) is 0 Å². The molecule has 0 saturated heterocycles. The third-order valence-corrected chi connectivity index (χ3v) is 8.23. The van der Waals surface area contributed by atoms with Crippen molar-refractivity contribution in [3.63, 3.8) is 0 Å². The Bertz CT molecular complexity index is 1300.